The molecule has 0 radical (unpaired) electrons. The van der Waals surface area contributed by atoms with Crippen LogP contribution in [0.2, 0.25) is 1.41 Å². The molecule has 0 aromatic carbocycles. The van der Waals surface area contributed by atoms with Gasteiger partial charge in [-0.15, -0.1) is 0 Å². The number of hydrogen-bond acceptors (Lipinski definition) is 1. The number of nitrogens with one attached hydrogen (secondary N) is 1. The van der Waals surface area contributed by atoms with Gasteiger partial charge in [0.25, 0.3) is 0 Å². The maximum atomic E-state index is 6.80. The predicted octanol–water partition coefficient (Wildman–Crippen LogP) is 0.914. The van der Waals surface area contributed by atoms with Crippen LogP contribution in [0.3, 0.4) is 0 Å². The first-order valence-corrected chi connectivity index (χ1v) is 3.11. The molecule has 0 rings (SSSR count). The summed E-state index contributed by atoms with van der Waals surface area (Å²) in [5.41, 5.74) is 0. The zero-order valence-electron chi connectivity index (χ0n) is 5.83. The molecular formula is C7H4IN. The third-order valence-electron chi connectivity index (χ3n) is 0.411. The molecule has 0 bridgehead atoms. The van der Waals surface area contributed by atoms with Crippen molar-refractivity contribution in [1.82, 2.24) is 3.52 Å². The van der Waals surface area contributed by atoms with Crippen molar-refractivity contribution in [2.75, 3.05) is 0 Å². The van der Waals surface area contributed by atoms with Crippen molar-refractivity contribution >= 4 is 22.9 Å². The molecule has 0 spiro atoms. The highest BCUT2D eigenvalue weighted by molar-refractivity contribution is 14.1. The molecule has 1 nitrogen and oxygen atoms in total. The summed E-state index contributed by atoms with van der Waals surface area (Å²) in [6, 6.07) is 2.40. The second-order valence-electron chi connectivity index (χ2n) is 0.946. The summed E-state index contributed by atoms with van der Waals surface area (Å²) >= 11 is 1.73. The first kappa shape index (κ1) is 6.33. The average Bonchev–Trinajstić information content (AvgIpc) is 1.87. The average molecular weight is 231 g/mol. The Balaban J connectivity index is 3.86. The van der Waals surface area contributed by atoms with Gasteiger partial charge in [-0.2, -0.15) is 0 Å². The lowest BCUT2D eigenvalue weighted by molar-refractivity contribution is 1.61. The summed E-state index contributed by atoms with van der Waals surface area (Å²) in [5, 5.41) is 0. The highest BCUT2D eigenvalue weighted by Crippen LogP contribution is 1.60. The largest absolute Gasteiger partial charge is 0.287 e. The molecule has 0 amide bonds. The number of hydrogen-bond donors (Lipinski definition) is 1. The third kappa shape index (κ3) is 7.21. The van der Waals surface area contributed by atoms with E-state index in [9.17, 15) is 0 Å². The summed E-state index contributed by atoms with van der Waals surface area (Å²) < 4.78 is 7.76. The fourth-order valence-electron chi connectivity index (χ4n) is 0.174. The topological polar surface area (TPSA) is 12.0 Å². The van der Waals surface area contributed by atoms with Gasteiger partial charge in [-0.3, -0.25) is 3.52 Å². The second-order valence-corrected chi connectivity index (χ2v) is 1.43. The van der Waals surface area contributed by atoms with Gasteiger partial charge in [-0.05, 0) is 18.8 Å². The van der Waals surface area contributed by atoms with Crippen LogP contribution in [-0.2, 0) is 0 Å². The zero-order valence-corrected chi connectivity index (χ0v) is 6.98. The van der Waals surface area contributed by atoms with Crippen molar-refractivity contribution in [2.45, 2.75) is 6.92 Å². The Kier molecular flexibility index (Phi) is 5.07. The van der Waals surface area contributed by atoms with Gasteiger partial charge in [0.2, 0.25) is 0 Å². The summed E-state index contributed by atoms with van der Waals surface area (Å²) in [5.74, 6) is 12.5. The number of halogens is 1. The van der Waals surface area contributed by atoms with Crippen LogP contribution in [0, 0.1) is 35.6 Å². The van der Waals surface area contributed by atoms with Gasteiger partial charge >= 0.3 is 0 Å². The van der Waals surface area contributed by atoms with E-state index in [-0.39, 0.29) is 0 Å². The smallest absolute Gasteiger partial charge is 0.183 e. The minimum absolute atomic E-state index is 0.964. The fraction of sp³-hybridized carbons (Fsp3) is 0.143. The molecule has 1 N–H and O–H groups in total. The molecule has 0 aliphatic rings. The Morgan fingerprint density at radius 1 is 1.33 bits per heavy atom. The molecule has 44 valence electrons. The predicted molar refractivity (Wildman–Crippen MR) is 46.2 cm³/mol. The van der Waals surface area contributed by atoms with Crippen LogP contribution in [-0.4, -0.2) is 0 Å². The maximum absolute atomic E-state index is 6.80. The van der Waals surface area contributed by atoms with Crippen molar-refractivity contribution in [3.63, 3.8) is 0 Å². The molecule has 0 fully saturated rings. The SMILES string of the molecule is [3H]N(I)C#CC#CC#CC. The lowest BCUT2D eigenvalue weighted by Crippen LogP contribution is -1.77. The Bertz CT molecular complexity index is 263. The van der Waals surface area contributed by atoms with Crippen LogP contribution < -0.4 is 3.52 Å². The van der Waals surface area contributed by atoms with E-state index in [0.29, 0.717) is 0 Å². The standard InChI is InChI=1S/C7H4IN/c1-2-3-4-5-6-7-9-8/h9H,1H3/i/hT. The van der Waals surface area contributed by atoms with Crippen LogP contribution >= 0.6 is 22.9 Å². The van der Waals surface area contributed by atoms with Gasteiger partial charge in [0.05, 0.1) is 22.9 Å². The molecule has 0 atom stereocenters. The molecule has 0 aromatic rings. The van der Waals surface area contributed by atoms with Gasteiger partial charge in [0.15, 0.2) is 1.41 Å². The summed E-state index contributed by atoms with van der Waals surface area (Å²) in [4.78, 5) is 0. The fourth-order valence-corrected chi connectivity index (χ4v) is 0.295. The van der Waals surface area contributed by atoms with Gasteiger partial charge in [0.1, 0.15) is 0 Å². The van der Waals surface area contributed by atoms with Gasteiger partial charge in [0, 0.05) is 17.9 Å². The lowest BCUT2D eigenvalue weighted by Gasteiger charge is -1.65. The van der Waals surface area contributed by atoms with Crippen LogP contribution in [0.4, 0.5) is 0 Å². The quantitative estimate of drug-likeness (QED) is 0.283. The second kappa shape index (κ2) is 7.21. The summed E-state index contributed by atoms with van der Waals surface area (Å²) in [6.07, 6.45) is 0. The Morgan fingerprint density at radius 3 is 2.56 bits per heavy atom. The molecule has 0 saturated carbocycles. The van der Waals surface area contributed by atoms with Crippen molar-refractivity contribution in [2.24, 2.45) is 0 Å². The van der Waals surface area contributed by atoms with Crippen LogP contribution in [0.15, 0.2) is 0 Å². The van der Waals surface area contributed by atoms with E-state index in [1.807, 2.05) is 0 Å². The minimum Gasteiger partial charge on any atom is -0.287 e. The van der Waals surface area contributed by atoms with E-state index < -0.39 is 0 Å². The van der Waals surface area contributed by atoms with E-state index in [1.165, 1.54) is 0 Å². The molecule has 0 aliphatic carbocycles. The van der Waals surface area contributed by atoms with Crippen molar-refractivity contribution in [1.29, 1.82) is 0 Å². The molecule has 0 heterocycles. The van der Waals surface area contributed by atoms with Crippen LogP contribution in [0.5, 0.6) is 0 Å². The van der Waals surface area contributed by atoms with E-state index in [1.54, 1.807) is 29.8 Å². The van der Waals surface area contributed by atoms with Crippen LogP contribution in [0.25, 0.3) is 0 Å². The molecule has 0 unspecified atom stereocenters. The molecule has 0 saturated heterocycles. The van der Waals surface area contributed by atoms with E-state index in [0.717, 1.165) is 3.52 Å². The first-order chi connectivity index (χ1) is 4.77. The highest BCUT2D eigenvalue weighted by Gasteiger charge is 1.53. The molecule has 9 heavy (non-hydrogen) atoms. The Morgan fingerprint density at radius 2 is 2.00 bits per heavy atom. The molecule has 0 aliphatic heterocycles. The van der Waals surface area contributed by atoms with Crippen molar-refractivity contribution in [3.05, 3.63) is 0 Å². The van der Waals surface area contributed by atoms with Crippen molar-refractivity contribution < 1.29 is 1.41 Å². The van der Waals surface area contributed by atoms with E-state index in [2.05, 4.69) is 35.6 Å². The number of rotatable bonds is 0. The minimum atomic E-state index is 0.964. The van der Waals surface area contributed by atoms with E-state index >= 15 is 0 Å². The first-order valence-electron chi connectivity index (χ1n) is 2.59. The monoisotopic (exact) mass is 231 g/mol. The van der Waals surface area contributed by atoms with Crippen LogP contribution in [0.1, 0.15) is 6.92 Å². The maximum Gasteiger partial charge on any atom is 0.183 e. The summed E-state index contributed by atoms with van der Waals surface area (Å²) in [7, 11) is 0. The van der Waals surface area contributed by atoms with Gasteiger partial charge < -0.3 is 0 Å². The lowest BCUT2D eigenvalue weighted by atomic mass is 10.5. The summed E-state index contributed by atoms with van der Waals surface area (Å²) in [6.45, 7) is 1.71. The molecule has 2 heteroatoms. The van der Waals surface area contributed by atoms with Gasteiger partial charge in [-0.25, -0.2) is 0 Å². The zero-order chi connectivity index (χ0) is 7.82. The Labute approximate surface area is 70.6 Å². The highest BCUT2D eigenvalue weighted by atomic mass is 127. The normalized spacial score (nSPS) is 5.78. The van der Waals surface area contributed by atoms with E-state index in [4.69, 9.17) is 1.41 Å². The molecular weight excluding hydrogens is 225 g/mol. The Hall–Kier alpha value is -0.790. The molecule has 0 aromatic heterocycles. The third-order valence-corrected chi connectivity index (χ3v) is 0.652. The van der Waals surface area contributed by atoms with Crippen molar-refractivity contribution in [3.8, 4) is 35.6 Å². The van der Waals surface area contributed by atoms with Gasteiger partial charge in [-0.1, -0.05) is 5.92 Å².